The minimum absolute atomic E-state index is 0.000828. The van der Waals surface area contributed by atoms with E-state index in [9.17, 15) is 4.79 Å². The lowest BCUT2D eigenvalue weighted by molar-refractivity contribution is -0.125. The zero-order chi connectivity index (χ0) is 13.0. The Hall–Kier alpha value is -1.55. The Morgan fingerprint density at radius 1 is 1.67 bits per heavy atom. The second-order valence-corrected chi connectivity index (χ2v) is 4.53. The highest BCUT2D eigenvalue weighted by atomic mass is 35.5. The summed E-state index contributed by atoms with van der Waals surface area (Å²) >= 11 is 5.97. The van der Waals surface area contributed by atoms with Crippen LogP contribution in [-0.4, -0.2) is 35.0 Å². The van der Waals surface area contributed by atoms with Gasteiger partial charge in [0.1, 0.15) is 16.9 Å². The molecule has 96 valence electrons. The van der Waals surface area contributed by atoms with Gasteiger partial charge in [-0.05, 0) is 13.0 Å². The second kappa shape index (κ2) is 5.87. The molecule has 0 N–H and O–H groups in total. The van der Waals surface area contributed by atoms with Crippen LogP contribution in [0.3, 0.4) is 0 Å². The van der Waals surface area contributed by atoms with Crippen LogP contribution in [0.4, 0.5) is 0 Å². The normalized spacial score (nSPS) is 19.4. The summed E-state index contributed by atoms with van der Waals surface area (Å²) in [4.78, 5) is 17.3. The molecule has 2 rings (SSSR count). The minimum atomic E-state index is -0.000828. The molecule has 1 unspecified atom stereocenters. The SMILES string of the molecule is CC=CC(=O)N1CCC(Oc2ccncc2Cl)C1. The van der Waals surface area contributed by atoms with Crippen LogP contribution in [0, 0.1) is 0 Å². The van der Waals surface area contributed by atoms with Crippen molar-refractivity contribution in [2.75, 3.05) is 13.1 Å². The van der Waals surface area contributed by atoms with Crippen molar-refractivity contribution < 1.29 is 9.53 Å². The van der Waals surface area contributed by atoms with Crippen LogP contribution >= 0.6 is 11.6 Å². The van der Waals surface area contributed by atoms with E-state index < -0.39 is 0 Å². The number of ether oxygens (including phenoxy) is 1. The first-order valence-electron chi connectivity index (χ1n) is 5.88. The molecule has 1 aromatic rings. The highest BCUT2D eigenvalue weighted by Crippen LogP contribution is 2.25. The average molecular weight is 267 g/mol. The zero-order valence-corrected chi connectivity index (χ0v) is 10.9. The second-order valence-electron chi connectivity index (χ2n) is 4.12. The molecule has 1 saturated heterocycles. The molecule has 1 aliphatic heterocycles. The molecule has 0 bridgehead atoms. The number of likely N-dealkylation sites (tertiary alicyclic amines) is 1. The standard InChI is InChI=1S/C13H15ClN2O2/c1-2-3-13(17)16-7-5-10(9-16)18-12-4-6-15-8-11(12)14/h2-4,6,8,10H,5,7,9H2,1H3. The van der Waals surface area contributed by atoms with E-state index in [1.54, 1.807) is 35.5 Å². The van der Waals surface area contributed by atoms with Crippen molar-refractivity contribution in [3.8, 4) is 5.75 Å². The van der Waals surface area contributed by atoms with Gasteiger partial charge in [0.2, 0.25) is 5.91 Å². The molecule has 0 saturated carbocycles. The van der Waals surface area contributed by atoms with E-state index in [0.717, 1.165) is 13.0 Å². The summed E-state index contributed by atoms with van der Waals surface area (Å²) in [7, 11) is 0. The fourth-order valence-electron chi connectivity index (χ4n) is 1.91. The van der Waals surface area contributed by atoms with Gasteiger partial charge in [0.25, 0.3) is 0 Å². The third kappa shape index (κ3) is 3.01. The van der Waals surface area contributed by atoms with Gasteiger partial charge < -0.3 is 9.64 Å². The first kappa shape index (κ1) is 12.9. The quantitative estimate of drug-likeness (QED) is 0.789. The van der Waals surface area contributed by atoms with Crippen molar-refractivity contribution in [2.24, 2.45) is 0 Å². The molecule has 1 aliphatic rings. The van der Waals surface area contributed by atoms with Crippen molar-refractivity contribution in [1.29, 1.82) is 0 Å². The summed E-state index contributed by atoms with van der Waals surface area (Å²) in [6.07, 6.45) is 7.33. The van der Waals surface area contributed by atoms with E-state index in [-0.39, 0.29) is 12.0 Å². The lowest BCUT2D eigenvalue weighted by Crippen LogP contribution is -2.29. The molecule has 0 spiro atoms. The Balaban J connectivity index is 1.94. The van der Waals surface area contributed by atoms with Crippen molar-refractivity contribution in [1.82, 2.24) is 9.88 Å². The van der Waals surface area contributed by atoms with Crippen LogP contribution < -0.4 is 4.74 Å². The number of allylic oxidation sites excluding steroid dienone is 1. The summed E-state index contributed by atoms with van der Waals surface area (Å²) in [5.41, 5.74) is 0. The van der Waals surface area contributed by atoms with Crippen molar-refractivity contribution >= 4 is 17.5 Å². The summed E-state index contributed by atoms with van der Waals surface area (Å²) in [5, 5.41) is 0.496. The van der Waals surface area contributed by atoms with E-state index in [1.807, 2.05) is 6.92 Å². The molecule has 1 fully saturated rings. The van der Waals surface area contributed by atoms with Crippen LogP contribution in [0.25, 0.3) is 0 Å². The molecular formula is C13H15ClN2O2. The zero-order valence-electron chi connectivity index (χ0n) is 10.2. The van der Waals surface area contributed by atoms with E-state index in [0.29, 0.717) is 17.3 Å². The van der Waals surface area contributed by atoms with Gasteiger partial charge in [0.05, 0.1) is 6.54 Å². The molecule has 5 heteroatoms. The van der Waals surface area contributed by atoms with E-state index in [2.05, 4.69) is 4.98 Å². The molecule has 18 heavy (non-hydrogen) atoms. The third-order valence-electron chi connectivity index (χ3n) is 2.79. The lowest BCUT2D eigenvalue weighted by Gasteiger charge is -2.16. The average Bonchev–Trinajstić information content (AvgIpc) is 2.81. The largest absolute Gasteiger partial charge is 0.487 e. The van der Waals surface area contributed by atoms with Gasteiger partial charge in [-0.1, -0.05) is 17.7 Å². The molecular weight excluding hydrogens is 252 g/mol. The van der Waals surface area contributed by atoms with Gasteiger partial charge in [-0.2, -0.15) is 0 Å². The molecule has 1 aromatic heterocycles. The number of rotatable bonds is 3. The maximum absolute atomic E-state index is 11.7. The number of aromatic nitrogens is 1. The smallest absolute Gasteiger partial charge is 0.246 e. The number of amides is 1. The molecule has 1 atom stereocenters. The Morgan fingerprint density at radius 2 is 2.50 bits per heavy atom. The fourth-order valence-corrected chi connectivity index (χ4v) is 2.07. The van der Waals surface area contributed by atoms with Crippen molar-refractivity contribution in [2.45, 2.75) is 19.4 Å². The summed E-state index contributed by atoms with van der Waals surface area (Å²) in [5.74, 6) is 0.654. The number of halogens is 1. The van der Waals surface area contributed by atoms with E-state index in [4.69, 9.17) is 16.3 Å². The van der Waals surface area contributed by atoms with Gasteiger partial charge in [-0.15, -0.1) is 0 Å². The first-order chi connectivity index (χ1) is 8.70. The molecule has 0 aliphatic carbocycles. The Labute approximate surface area is 111 Å². The summed E-state index contributed by atoms with van der Waals surface area (Å²) in [6, 6.07) is 1.73. The highest BCUT2D eigenvalue weighted by molar-refractivity contribution is 6.31. The summed E-state index contributed by atoms with van der Waals surface area (Å²) < 4.78 is 5.77. The topological polar surface area (TPSA) is 42.4 Å². The van der Waals surface area contributed by atoms with Gasteiger partial charge in [-0.3, -0.25) is 9.78 Å². The van der Waals surface area contributed by atoms with Crippen LogP contribution in [-0.2, 0) is 4.79 Å². The maximum Gasteiger partial charge on any atom is 0.246 e. The lowest BCUT2D eigenvalue weighted by atomic mass is 10.3. The van der Waals surface area contributed by atoms with Gasteiger partial charge in [0, 0.05) is 31.4 Å². The van der Waals surface area contributed by atoms with Gasteiger partial charge in [0.15, 0.2) is 0 Å². The maximum atomic E-state index is 11.7. The fraction of sp³-hybridized carbons (Fsp3) is 0.385. The first-order valence-corrected chi connectivity index (χ1v) is 6.26. The number of carbonyl (C=O) groups is 1. The summed E-state index contributed by atoms with van der Waals surface area (Å²) in [6.45, 7) is 3.15. The highest BCUT2D eigenvalue weighted by Gasteiger charge is 2.26. The Kier molecular flexibility index (Phi) is 4.20. The molecule has 0 aromatic carbocycles. The van der Waals surface area contributed by atoms with Gasteiger partial charge >= 0.3 is 0 Å². The number of carbonyl (C=O) groups excluding carboxylic acids is 1. The predicted molar refractivity (Wildman–Crippen MR) is 69.7 cm³/mol. The number of nitrogens with zero attached hydrogens (tertiary/aromatic N) is 2. The van der Waals surface area contributed by atoms with Crippen molar-refractivity contribution in [3.05, 3.63) is 35.6 Å². The van der Waals surface area contributed by atoms with Crippen LogP contribution in [0.5, 0.6) is 5.75 Å². The Bertz CT molecular complexity index is 462. The molecule has 0 radical (unpaired) electrons. The van der Waals surface area contributed by atoms with Crippen LogP contribution in [0.15, 0.2) is 30.6 Å². The molecule has 2 heterocycles. The molecule has 1 amide bonds. The minimum Gasteiger partial charge on any atom is -0.487 e. The predicted octanol–water partition coefficient (Wildman–Crippen LogP) is 2.29. The number of hydrogen-bond acceptors (Lipinski definition) is 3. The monoisotopic (exact) mass is 266 g/mol. The van der Waals surface area contributed by atoms with E-state index in [1.165, 1.54) is 0 Å². The van der Waals surface area contributed by atoms with Crippen LogP contribution in [0.2, 0.25) is 5.02 Å². The number of pyridine rings is 1. The van der Waals surface area contributed by atoms with Gasteiger partial charge in [-0.25, -0.2) is 0 Å². The number of hydrogen-bond donors (Lipinski definition) is 0. The van der Waals surface area contributed by atoms with Crippen LogP contribution in [0.1, 0.15) is 13.3 Å². The Morgan fingerprint density at radius 3 is 3.22 bits per heavy atom. The molecule has 4 nitrogen and oxygen atoms in total. The van der Waals surface area contributed by atoms with E-state index >= 15 is 0 Å². The third-order valence-corrected chi connectivity index (χ3v) is 3.08. The van der Waals surface area contributed by atoms with Crippen molar-refractivity contribution in [3.63, 3.8) is 0 Å².